The van der Waals surface area contributed by atoms with Gasteiger partial charge in [-0.1, -0.05) is 0 Å². The normalized spacial score (nSPS) is 36.7. The lowest BCUT2D eigenvalue weighted by atomic mass is 9.81. The van der Waals surface area contributed by atoms with Crippen molar-refractivity contribution in [2.24, 2.45) is 23.3 Å². The predicted molar refractivity (Wildman–Crippen MR) is 89.2 cm³/mol. The van der Waals surface area contributed by atoms with Gasteiger partial charge >= 0.3 is 0 Å². The van der Waals surface area contributed by atoms with Gasteiger partial charge in [0.15, 0.2) is 0 Å². The quantitative estimate of drug-likeness (QED) is 0.427. The molecule has 0 spiro atoms. The maximum absolute atomic E-state index is 6.16. The summed E-state index contributed by atoms with van der Waals surface area (Å²) in [6.45, 7) is 1.39. The van der Waals surface area contributed by atoms with Gasteiger partial charge < -0.3 is 16.4 Å². The molecular formula is C17H35N3O2. The van der Waals surface area contributed by atoms with Crippen LogP contribution in [0.3, 0.4) is 0 Å². The van der Waals surface area contributed by atoms with E-state index in [-0.39, 0.29) is 6.04 Å². The summed E-state index contributed by atoms with van der Waals surface area (Å²) in [5, 5.41) is 0. The molecule has 3 atom stereocenters. The summed E-state index contributed by atoms with van der Waals surface area (Å²) >= 11 is 0. The van der Waals surface area contributed by atoms with Crippen molar-refractivity contribution in [1.82, 2.24) is 4.90 Å². The third-order valence-corrected chi connectivity index (χ3v) is 5.59. The van der Waals surface area contributed by atoms with Gasteiger partial charge in [-0.05, 0) is 77.3 Å². The number of nitrogens with two attached hydrogens (primary N) is 2. The van der Waals surface area contributed by atoms with Crippen molar-refractivity contribution >= 4 is 0 Å². The van der Waals surface area contributed by atoms with E-state index in [1.54, 1.807) is 0 Å². The standard InChI is InChI=1S/C17H35N3O2/c1-20(2)16-7-3-13(4-8-16)12-22-21-10-9-14-5-6-15(18)11-17(14)19/h13-17H,3-12,18-19H2,1-2H3. The Morgan fingerprint density at radius 2 is 1.68 bits per heavy atom. The van der Waals surface area contributed by atoms with Crippen LogP contribution in [-0.4, -0.2) is 50.3 Å². The number of hydrogen-bond donors (Lipinski definition) is 2. The van der Waals surface area contributed by atoms with E-state index >= 15 is 0 Å². The van der Waals surface area contributed by atoms with Gasteiger partial charge in [0, 0.05) is 18.1 Å². The summed E-state index contributed by atoms with van der Waals surface area (Å²) < 4.78 is 0. The van der Waals surface area contributed by atoms with E-state index in [2.05, 4.69) is 19.0 Å². The molecule has 0 bridgehead atoms. The minimum absolute atomic E-state index is 0.230. The molecule has 2 rings (SSSR count). The van der Waals surface area contributed by atoms with E-state index in [4.69, 9.17) is 21.2 Å². The highest BCUT2D eigenvalue weighted by Gasteiger charge is 2.26. The van der Waals surface area contributed by atoms with Gasteiger partial charge in [0.25, 0.3) is 0 Å². The van der Waals surface area contributed by atoms with Gasteiger partial charge in [0.2, 0.25) is 0 Å². The van der Waals surface area contributed by atoms with Crippen molar-refractivity contribution in [2.45, 2.75) is 69.5 Å². The minimum Gasteiger partial charge on any atom is -0.328 e. The molecule has 2 saturated carbocycles. The third-order valence-electron chi connectivity index (χ3n) is 5.59. The summed E-state index contributed by atoms with van der Waals surface area (Å²) in [6.07, 6.45) is 9.20. The first-order valence-electron chi connectivity index (χ1n) is 8.98. The Balaban J connectivity index is 1.50. The molecule has 0 aromatic rings. The second-order valence-corrected chi connectivity index (χ2v) is 7.53. The molecule has 0 aromatic carbocycles. The van der Waals surface area contributed by atoms with Gasteiger partial charge in [-0.2, -0.15) is 0 Å². The lowest BCUT2D eigenvalue weighted by Gasteiger charge is -2.32. The van der Waals surface area contributed by atoms with Crippen molar-refractivity contribution in [1.29, 1.82) is 0 Å². The molecule has 5 nitrogen and oxygen atoms in total. The largest absolute Gasteiger partial charge is 0.328 e. The number of hydrogen-bond acceptors (Lipinski definition) is 5. The van der Waals surface area contributed by atoms with Crippen molar-refractivity contribution in [3.63, 3.8) is 0 Å². The van der Waals surface area contributed by atoms with Gasteiger partial charge in [-0.3, -0.25) is 0 Å². The highest BCUT2D eigenvalue weighted by atomic mass is 17.2. The molecule has 2 aliphatic rings. The Morgan fingerprint density at radius 1 is 0.955 bits per heavy atom. The van der Waals surface area contributed by atoms with Crippen LogP contribution in [0.15, 0.2) is 0 Å². The Kier molecular flexibility index (Phi) is 7.57. The molecule has 22 heavy (non-hydrogen) atoms. The van der Waals surface area contributed by atoms with Crippen LogP contribution in [0.4, 0.5) is 0 Å². The molecule has 5 heteroatoms. The van der Waals surface area contributed by atoms with Crippen LogP contribution in [0.25, 0.3) is 0 Å². The molecule has 0 aromatic heterocycles. The van der Waals surface area contributed by atoms with Gasteiger partial charge in [0.1, 0.15) is 0 Å². The first-order valence-corrected chi connectivity index (χ1v) is 8.98. The van der Waals surface area contributed by atoms with Crippen molar-refractivity contribution < 1.29 is 9.78 Å². The van der Waals surface area contributed by atoms with Crippen LogP contribution in [-0.2, 0) is 9.78 Å². The van der Waals surface area contributed by atoms with Crippen molar-refractivity contribution in [2.75, 3.05) is 27.3 Å². The molecule has 3 unspecified atom stereocenters. The smallest absolute Gasteiger partial charge is 0.0850 e. The van der Waals surface area contributed by atoms with Crippen LogP contribution in [0.5, 0.6) is 0 Å². The fourth-order valence-corrected chi connectivity index (χ4v) is 3.89. The van der Waals surface area contributed by atoms with Crippen LogP contribution in [0.2, 0.25) is 0 Å². The predicted octanol–water partition coefficient (Wildman–Crippen LogP) is 1.90. The second kappa shape index (κ2) is 9.18. The van der Waals surface area contributed by atoms with E-state index in [0.29, 0.717) is 24.5 Å². The van der Waals surface area contributed by atoms with Crippen LogP contribution >= 0.6 is 0 Å². The topological polar surface area (TPSA) is 73.7 Å². The molecule has 2 aliphatic carbocycles. The van der Waals surface area contributed by atoms with Crippen LogP contribution in [0.1, 0.15) is 51.4 Å². The zero-order chi connectivity index (χ0) is 15.9. The monoisotopic (exact) mass is 313 g/mol. The average Bonchev–Trinajstić information content (AvgIpc) is 2.49. The Labute approximate surface area is 135 Å². The number of nitrogens with zero attached hydrogens (tertiary/aromatic N) is 1. The lowest BCUT2D eigenvalue weighted by molar-refractivity contribution is -0.304. The molecular weight excluding hydrogens is 278 g/mol. The highest BCUT2D eigenvalue weighted by molar-refractivity contribution is 4.84. The van der Waals surface area contributed by atoms with E-state index in [9.17, 15) is 0 Å². The average molecular weight is 313 g/mol. The van der Waals surface area contributed by atoms with Crippen molar-refractivity contribution in [3.05, 3.63) is 0 Å². The molecule has 0 saturated heterocycles. The molecule has 130 valence electrons. The zero-order valence-corrected chi connectivity index (χ0v) is 14.4. The van der Waals surface area contributed by atoms with Crippen LogP contribution < -0.4 is 11.5 Å². The summed E-state index contributed by atoms with van der Waals surface area (Å²) in [6, 6.07) is 1.27. The summed E-state index contributed by atoms with van der Waals surface area (Å²) in [5.41, 5.74) is 12.1. The number of rotatable bonds is 7. The van der Waals surface area contributed by atoms with E-state index in [1.165, 1.54) is 25.7 Å². The fourth-order valence-electron chi connectivity index (χ4n) is 3.89. The van der Waals surface area contributed by atoms with E-state index < -0.39 is 0 Å². The van der Waals surface area contributed by atoms with Crippen LogP contribution in [0, 0.1) is 11.8 Å². The Bertz CT molecular complexity index is 306. The maximum atomic E-state index is 6.16. The molecule has 4 N–H and O–H groups in total. The molecule has 0 heterocycles. The second-order valence-electron chi connectivity index (χ2n) is 7.53. The Morgan fingerprint density at radius 3 is 2.32 bits per heavy atom. The SMILES string of the molecule is CN(C)C1CCC(COOCCC2CCC(N)CC2N)CC1. The van der Waals surface area contributed by atoms with Gasteiger partial charge in [-0.25, -0.2) is 9.78 Å². The molecule has 0 amide bonds. The van der Waals surface area contributed by atoms with E-state index in [1.807, 2.05) is 0 Å². The first kappa shape index (κ1) is 18.1. The molecule has 0 aliphatic heterocycles. The summed E-state index contributed by atoms with van der Waals surface area (Å²) in [7, 11) is 4.35. The molecule has 2 fully saturated rings. The highest BCUT2D eigenvalue weighted by Crippen LogP contribution is 2.27. The summed E-state index contributed by atoms with van der Waals surface area (Å²) in [5.74, 6) is 1.20. The third kappa shape index (κ3) is 5.78. The van der Waals surface area contributed by atoms with Crippen molar-refractivity contribution in [3.8, 4) is 0 Å². The zero-order valence-electron chi connectivity index (χ0n) is 14.4. The lowest BCUT2D eigenvalue weighted by Crippen LogP contribution is -2.42. The maximum Gasteiger partial charge on any atom is 0.0850 e. The fraction of sp³-hybridized carbons (Fsp3) is 1.00. The Hall–Kier alpha value is -0.200. The first-order chi connectivity index (χ1) is 10.6. The summed E-state index contributed by atoms with van der Waals surface area (Å²) in [4.78, 5) is 13.2. The van der Waals surface area contributed by atoms with Gasteiger partial charge in [0.05, 0.1) is 13.2 Å². The van der Waals surface area contributed by atoms with E-state index in [0.717, 1.165) is 38.3 Å². The minimum atomic E-state index is 0.230. The van der Waals surface area contributed by atoms with Gasteiger partial charge in [-0.15, -0.1) is 0 Å². The molecule has 0 radical (unpaired) electrons.